The maximum atomic E-state index is 13.1. The van der Waals surface area contributed by atoms with Crippen molar-refractivity contribution in [1.82, 2.24) is 4.98 Å². The maximum Gasteiger partial charge on any atom is 0.227 e. The molecule has 1 aromatic carbocycles. The molecular weight excluding hydrogens is 312 g/mol. The van der Waals surface area contributed by atoms with Gasteiger partial charge in [-0.05, 0) is 62.8 Å². The SMILES string of the molecule is CC(C)C[C@@H](C)N(C(=O)CC[C@@H]1CCCO1)c1ccc2[nH]ccc2c1. The van der Waals surface area contributed by atoms with E-state index in [1.54, 1.807) is 0 Å². The van der Waals surface area contributed by atoms with Crippen LogP contribution in [0.15, 0.2) is 30.5 Å². The molecule has 0 unspecified atom stereocenters. The number of carbonyl (C=O) groups excluding carboxylic acids is 1. The summed E-state index contributed by atoms with van der Waals surface area (Å²) in [6, 6.07) is 8.48. The molecular formula is C21H30N2O2. The Balaban J connectivity index is 1.78. The maximum absolute atomic E-state index is 13.1. The molecule has 1 aliphatic heterocycles. The van der Waals surface area contributed by atoms with E-state index in [0.29, 0.717) is 12.3 Å². The molecule has 4 nitrogen and oxygen atoms in total. The zero-order valence-electron chi connectivity index (χ0n) is 15.6. The summed E-state index contributed by atoms with van der Waals surface area (Å²) in [4.78, 5) is 18.3. The fourth-order valence-corrected chi connectivity index (χ4v) is 3.90. The molecule has 1 aliphatic rings. The lowest BCUT2D eigenvalue weighted by molar-refractivity contribution is -0.119. The molecule has 1 aromatic heterocycles. The molecule has 4 heteroatoms. The Hall–Kier alpha value is -1.81. The van der Waals surface area contributed by atoms with Gasteiger partial charge in [-0.3, -0.25) is 4.79 Å². The summed E-state index contributed by atoms with van der Waals surface area (Å²) in [5.74, 6) is 0.762. The van der Waals surface area contributed by atoms with E-state index in [4.69, 9.17) is 4.74 Å². The quantitative estimate of drug-likeness (QED) is 0.778. The Morgan fingerprint density at radius 2 is 2.16 bits per heavy atom. The van der Waals surface area contributed by atoms with Gasteiger partial charge in [-0.15, -0.1) is 0 Å². The molecule has 0 aliphatic carbocycles. The van der Waals surface area contributed by atoms with E-state index in [2.05, 4.69) is 50.0 Å². The Morgan fingerprint density at radius 3 is 2.88 bits per heavy atom. The summed E-state index contributed by atoms with van der Waals surface area (Å²) in [5.41, 5.74) is 2.10. The number of anilines is 1. The highest BCUT2D eigenvalue weighted by molar-refractivity contribution is 5.96. The van der Waals surface area contributed by atoms with Crippen LogP contribution in [0.3, 0.4) is 0 Å². The highest BCUT2D eigenvalue weighted by Gasteiger charge is 2.25. The van der Waals surface area contributed by atoms with Gasteiger partial charge in [-0.1, -0.05) is 13.8 Å². The molecule has 3 rings (SSSR count). The van der Waals surface area contributed by atoms with Gasteiger partial charge in [0.15, 0.2) is 0 Å². The third-order valence-electron chi connectivity index (χ3n) is 5.04. The van der Waals surface area contributed by atoms with Crippen molar-refractivity contribution in [3.05, 3.63) is 30.5 Å². The Labute approximate surface area is 150 Å². The van der Waals surface area contributed by atoms with E-state index >= 15 is 0 Å². The van der Waals surface area contributed by atoms with Crippen molar-refractivity contribution < 1.29 is 9.53 Å². The van der Waals surface area contributed by atoms with Crippen molar-refractivity contribution in [2.75, 3.05) is 11.5 Å². The van der Waals surface area contributed by atoms with Gasteiger partial charge in [0.2, 0.25) is 5.91 Å². The fraction of sp³-hybridized carbons (Fsp3) is 0.571. The van der Waals surface area contributed by atoms with Crippen molar-refractivity contribution in [2.24, 2.45) is 5.92 Å². The van der Waals surface area contributed by atoms with Gasteiger partial charge >= 0.3 is 0 Å². The first-order valence-electron chi connectivity index (χ1n) is 9.55. The highest BCUT2D eigenvalue weighted by Crippen LogP contribution is 2.27. The van der Waals surface area contributed by atoms with Crippen LogP contribution in [0.2, 0.25) is 0 Å². The van der Waals surface area contributed by atoms with Crippen LogP contribution in [0.1, 0.15) is 52.9 Å². The van der Waals surface area contributed by atoms with Crippen LogP contribution in [0.4, 0.5) is 5.69 Å². The van der Waals surface area contributed by atoms with Crippen LogP contribution in [0.5, 0.6) is 0 Å². The summed E-state index contributed by atoms with van der Waals surface area (Å²) in [5, 5.41) is 1.14. The van der Waals surface area contributed by atoms with Crippen molar-refractivity contribution in [3.63, 3.8) is 0 Å². The predicted molar refractivity (Wildman–Crippen MR) is 103 cm³/mol. The monoisotopic (exact) mass is 342 g/mol. The number of aromatic nitrogens is 1. The second-order valence-corrected chi connectivity index (χ2v) is 7.67. The lowest BCUT2D eigenvalue weighted by atomic mass is 10.0. The molecule has 136 valence electrons. The number of hydrogen-bond donors (Lipinski definition) is 1. The van der Waals surface area contributed by atoms with Gasteiger partial charge in [-0.2, -0.15) is 0 Å². The number of aromatic amines is 1. The number of H-pyrrole nitrogens is 1. The number of amides is 1. The average molecular weight is 342 g/mol. The number of nitrogens with one attached hydrogen (secondary N) is 1. The summed E-state index contributed by atoms with van der Waals surface area (Å²) in [6.07, 6.45) is 6.79. The number of hydrogen-bond acceptors (Lipinski definition) is 2. The first-order valence-corrected chi connectivity index (χ1v) is 9.55. The molecule has 1 saturated heterocycles. The molecule has 0 radical (unpaired) electrons. The predicted octanol–water partition coefficient (Wildman–Crippen LogP) is 4.89. The van der Waals surface area contributed by atoms with Crippen LogP contribution in [-0.2, 0) is 9.53 Å². The van der Waals surface area contributed by atoms with Gasteiger partial charge in [0.05, 0.1) is 6.10 Å². The molecule has 2 atom stereocenters. The van der Waals surface area contributed by atoms with Gasteiger partial charge in [0.25, 0.3) is 0 Å². The lowest BCUT2D eigenvalue weighted by Crippen LogP contribution is -2.39. The molecule has 2 aromatic rings. The van der Waals surface area contributed by atoms with Crippen molar-refractivity contribution in [2.45, 2.75) is 65.0 Å². The Morgan fingerprint density at radius 1 is 1.32 bits per heavy atom. The summed E-state index contributed by atoms with van der Waals surface area (Å²) >= 11 is 0. The van der Waals surface area contributed by atoms with E-state index in [9.17, 15) is 4.79 Å². The number of benzene rings is 1. The number of fused-ring (bicyclic) bond motifs is 1. The minimum Gasteiger partial charge on any atom is -0.378 e. The first-order chi connectivity index (χ1) is 12.0. The van der Waals surface area contributed by atoms with Crippen molar-refractivity contribution in [1.29, 1.82) is 0 Å². The molecule has 1 amide bonds. The second-order valence-electron chi connectivity index (χ2n) is 7.67. The Bertz CT molecular complexity index is 701. The molecule has 0 bridgehead atoms. The van der Waals surface area contributed by atoms with E-state index in [1.165, 1.54) is 0 Å². The Kier molecular flexibility index (Phi) is 5.79. The topological polar surface area (TPSA) is 45.3 Å². The molecule has 1 N–H and O–H groups in total. The van der Waals surface area contributed by atoms with E-state index in [0.717, 1.165) is 48.9 Å². The van der Waals surface area contributed by atoms with Crippen LogP contribution >= 0.6 is 0 Å². The minimum atomic E-state index is 0.188. The largest absolute Gasteiger partial charge is 0.378 e. The third-order valence-corrected chi connectivity index (χ3v) is 5.04. The van der Waals surface area contributed by atoms with E-state index in [1.807, 2.05) is 11.1 Å². The second kappa shape index (κ2) is 8.05. The molecule has 1 fully saturated rings. The molecule has 0 saturated carbocycles. The van der Waals surface area contributed by atoms with Crippen LogP contribution < -0.4 is 4.90 Å². The van der Waals surface area contributed by atoms with E-state index in [-0.39, 0.29) is 18.1 Å². The van der Waals surface area contributed by atoms with Crippen LogP contribution in [0.25, 0.3) is 10.9 Å². The number of nitrogens with zero attached hydrogens (tertiary/aromatic N) is 1. The number of ether oxygens (including phenoxy) is 1. The molecule has 25 heavy (non-hydrogen) atoms. The molecule has 0 spiro atoms. The summed E-state index contributed by atoms with van der Waals surface area (Å²) < 4.78 is 5.69. The summed E-state index contributed by atoms with van der Waals surface area (Å²) in [7, 11) is 0. The zero-order chi connectivity index (χ0) is 17.8. The van der Waals surface area contributed by atoms with Gasteiger partial charge in [-0.25, -0.2) is 0 Å². The highest BCUT2D eigenvalue weighted by atomic mass is 16.5. The van der Waals surface area contributed by atoms with Crippen LogP contribution in [0, 0.1) is 5.92 Å². The molecule has 2 heterocycles. The van der Waals surface area contributed by atoms with Crippen molar-refractivity contribution in [3.8, 4) is 0 Å². The summed E-state index contributed by atoms with van der Waals surface area (Å²) in [6.45, 7) is 7.42. The van der Waals surface area contributed by atoms with Gasteiger partial charge in [0.1, 0.15) is 0 Å². The average Bonchev–Trinajstić information content (AvgIpc) is 3.23. The smallest absolute Gasteiger partial charge is 0.227 e. The zero-order valence-corrected chi connectivity index (χ0v) is 15.6. The standard InChI is InChI=1S/C21H30N2O2/c1-15(2)13-16(3)23(21(24)9-7-19-5-4-12-25-19)18-6-8-20-17(14-18)10-11-22-20/h6,8,10-11,14-16,19,22H,4-5,7,9,12-13H2,1-3H3/t16-,19+/m1/s1. The van der Waals surface area contributed by atoms with Crippen molar-refractivity contribution >= 4 is 22.5 Å². The fourth-order valence-electron chi connectivity index (χ4n) is 3.90. The minimum absolute atomic E-state index is 0.188. The van der Waals surface area contributed by atoms with Crippen LogP contribution in [-0.4, -0.2) is 29.6 Å². The van der Waals surface area contributed by atoms with E-state index < -0.39 is 0 Å². The van der Waals surface area contributed by atoms with Gasteiger partial charge in [0, 0.05) is 41.9 Å². The first kappa shape index (κ1) is 18.0. The number of rotatable bonds is 7. The lowest BCUT2D eigenvalue weighted by Gasteiger charge is -2.31. The number of carbonyl (C=O) groups is 1. The van der Waals surface area contributed by atoms with Gasteiger partial charge < -0.3 is 14.6 Å². The third kappa shape index (κ3) is 4.43. The normalized spacial score (nSPS) is 18.8.